The molecule has 4 N–H and O–H groups in total. The molecule has 0 fully saturated rings. The van der Waals surface area contributed by atoms with Gasteiger partial charge in [-0.1, -0.05) is 30.9 Å². The summed E-state index contributed by atoms with van der Waals surface area (Å²) >= 11 is 0. The monoisotopic (exact) mass is 524 g/mol. The average Bonchev–Trinajstić information content (AvgIpc) is 2.91. The Kier molecular flexibility index (Phi) is 10.1. The molecule has 0 spiro atoms. The van der Waals surface area contributed by atoms with Gasteiger partial charge in [0, 0.05) is 11.3 Å². The third-order valence-electron chi connectivity index (χ3n) is 5.37. The van der Waals surface area contributed by atoms with Crippen LogP contribution in [-0.2, 0) is 9.53 Å². The molecule has 0 aliphatic carbocycles. The lowest BCUT2D eigenvalue weighted by atomic mass is 9.95. The number of hydrogen-bond donors (Lipinski definition) is 4. The van der Waals surface area contributed by atoms with Crippen molar-refractivity contribution < 1.29 is 33.6 Å². The molecule has 0 radical (unpaired) electrons. The second-order valence-corrected chi connectivity index (χ2v) is 8.05. The number of aliphatic hydroxyl groups is 1. The van der Waals surface area contributed by atoms with Crippen molar-refractivity contribution >= 4 is 18.2 Å². The topological polar surface area (TPSA) is 140 Å². The van der Waals surface area contributed by atoms with Gasteiger partial charge in [-0.05, 0) is 43.7 Å². The smallest absolute Gasteiger partial charge is 0.337 e. The summed E-state index contributed by atoms with van der Waals surface area (Å²) in [5.41, 5.74) is 4.60. The second kappa shape index (κ2) is 13.7. The van der Waals surface area contributed by atoms with Gasteiger partial charge >= 0.3 is 12.0 Å². The molecule has 0 bridgehead atoms. The van der Waals surface area contributed by atoms with Gasteiger partial charge in [0.2, 0.25) is 0 Å². The van der Waals surface area contributed by atoms with Crippen LogP contribution in [0.2, 0.25) is 0 Å². The summed E-state index contributed by atoms with van der Waals surface area (Å²) in [4.78, 5) is 24.5. The Morgan fingerprint density at radius 1 is 1.18 bits per heavy atom. The van der Waals surface area contributed by atoms with E-state index in [-0.39, 0.29) is 12.2 Å². The van der Waals surface area contributed by atoms with E-state index in [4.69, 9.17) is 18.9 Å². The van der Waals surface area contributed by atoms with Crippen molar-refractivity contribution in [3.63, 3.8) is 0 Å². The van der Waals surface area contributed by atoms with E-state index in [0.29, 0.717) is 41.7 Å². The Hall–Kier alpha value is -4.51. The Labute approximate surface area is 221 Å². The van der Waals surface area contributed by atoms with Crippen LogP contribution in [0, 0.1) is 0 Å². The standard InChI is InChI=1S/C27H32N4O7/c1-5-13-37-20-10-8-7-9-19(20)15-28-31-23(32)16-38-21-12-11-18(14-22(21)36-6-2)25-24(26(33)35-4)17(3)29-27(34)30-25/h5,7-12,14-15,23,25,31-32H,1,6,13,16H2,2-4H3,(H2,29,30,34)/b28-15-/t23-,25+/m0/s1. The number of para-hydroxylation sites is 1. The number of hydrazone groups is 1. The van der Waals surface area contributed by atoms with E-state index in [1.807, 2.05) is 31.2 Å². The van der Waals surface area contributed by atoms with Crippen LogP contribution in [0.3, 0.4) is 0 Å². The van der Waals surface area contributed by atoms with Gasteiger partial charge in [-0.25, -0.2) is 9.59 Å². The van der Waals surface area contributed by atoms with Crippen LogP contribution in [0.25, 0.3) is 0 Å². The number of esters is 1. The third-order valence-corrected chi connectivity index (χ3v) is 5.37. The number of hydrogen-bond acceptors (Lipinski definition) is 9. The molecule has 0 saturated heterocycles. The van der Waals surface area contributed by atoms with E-state index in [9.17, 15) is 14.7 Å². The number of urea groups is 1. The van der Waals surface area contributed by atoms with Gasteiger partial charge in [0.05, 0.1) is 31.5 Å². The second-order valence-electron chi connectivity index (χ2n) is 8.05. The molecule has 2 aromatic rings. The van der Waals surface area contributed by atoms with Crippen molar-refractivity contribution in [1.82, 2.24) is 16.1 Å². The largest absolute Gasteiger partial charge is 0.490 e. The lowest BCUT2D eigenvalue weighted by molar-refractivity contribution is -0.136. The predicted molar refractivity (Wildman–Crippen MR) is 141 cm³/mol. The zero-order valence-corrected chi connectivity index (χ0v) is 21.5. The van der Waals surface area contributed by atoms with Gasteiger partial charge in [0.15, 0.2) is 17.7 Å². The van der Waals surface area contributed by atoms with Crippen molar-refractivity contribution in [2.24, 2.45) is 5.10 Å². The van der Waals surface area contributed by atoms with E-state index in [2.05, 4.69) is 27.7 Å². The molecule has 2 amide bonds. The average molecular weight is 525 g/mol. The Morgan fingerprint density at radius 2 is 1.97 bits per heavy atom. The zero-order valence-electron chi connectivity index (χ0n) is 21.5. The molecule has 0 aromatic heterocycles. The van der Waals surface area contributed by atoms with Gasteiger partial charge < -0.3 is 34.7 Å². The molecule has 1 aliphatic heterocycles. The van der Waals surface area contributed by atoms with Crippen LogP contribution in [0.5, 0.6) is 17.2 Å². The number of benzene rings is 2. The van der Waals surface area contributed by atoms with Crippen molar-refractivity contribution in [1.29, 1.82) is 0 Å². The zero-order chi connectivity index (χ0) is 27.5. The fraction of sp³-hybridized carbons (Fsp3) is 0.296. The fourth-order valence-corrected chi connectivity index (χ4v) is 3.68. The summed E-state index contributed by atoms with van der Waals surface area (Å²) in [7, 11) is 1.28. The summed E-state index contributed by atoms with van der Waals surface area (Å²) in [6.45, 7) is 7.64. The number of carbonyl (C=O) groups is 2. The van der Waals surface area contributed by atoms with Crippen LogP contribution in [-0.4, -0.2) is 56.5 Å². The van der Waals surface area contributed by atoms with Crippen LogP contribution in [0.4, 0.5) is 4.79 Å². The molecule has 202 valence electrons. The summed E-state index contributed by atoms with van der Waals surface area (Å²) in [6, 6.07) is 11.2. The SMILES string of the molecule is C=CCOc1ccccc1/C=N\N[C@@H](O)COc1ccc([C@H]2NC(=O)NC(C)=C2C(=O)OC)cc1OCC. The first-order valence-electron chi connectivity index (χ1n) is 11.9. The number of methoxy groups -OCH3 is 1. The van der Waals surface area contributed by atoms with Crippen LogP contribution in [0.15, 0.2) is 71.5 Å². The maximum Gasteiger partial charge on any atom is 0.337 e. The molecule has 2 atom stereocenters. The molecule has 3 rings (SSSR count). The van der Waals surface area contributed by atoms with Gasteiger partial charge in [-0.3, -0.25) is 5.43 Å². The molecule has 38 heavy (non-hydrogen) atoms. The Morgan fingerprint density at radius 3 is 2.71 bits per heavy atom. The molecular formula is C27H32N4O7. The minimum Gasteiger partial charge on any atom is -0.490 e. The number of nitrogens with zero attached hydrogens (tertiary/aromatic N) is 1. The van der Waals surface area contributed by atoms with Crippen LogP contribution >= 0.6 is 0 Å². The van der Waals surface area contributed by atoms with E-state index in [1.54, 1.807) is 31.2 Å². The highest BCUT2D eigenvalue weighted by atomic mass is 16.5. The predicted octanol–water partition coefficient (Wildman–Crippen LogP) is 2.77. The Balaban J connectivity index is 1.69. The minimum absolute atomic E-state index is 0.137. The summed E-state index contributed by atoms with van der Waals surface area (Å²) in [5.74, 6) is 0.811. The first kappa shape index (κ1) is 28.1. The first-order valence-corrected chi connectivity index (χ1v) is 11.9. The summed E-state index contributed by atoms with van der Waals surface area (Å²) in [5, 5.41) is 19.7. The van der Waals surface area contributed by atoms with Crippen LogP contribution in [0.1, 0.15) is 31.0 Å². The van der Waals surface area contributed by atoms with Gasteiger partial charge in [0.25, 0.3) is 0 Å². The van der Waals surface area contributed by atoms with E-state index in [0.717, 1.165) is 5.56 Å². The summed E-state index contributed by atoms with van der Waals surface area (Å²) in [6.07, 6.45) is 2.06. The molecule has 0 saturated carbocycles. The maximum absolute atomic E-state index is 12.4. The lowest BCUT2D eigenvalue weighted by Crippen LogP contribution is -2.45. The fourth-order valence-electron chi connectivity index (χ4n) is 3.68. The quantitative estimate of drug-likeness (QED) is 0.103. The maximum atomic E-state index is 12.4. The minimum atomic E-state index is -1.12. The van der Waals surface area contributed by atoms with Gasteiger partial charge in [-0.2, -0.15) is 5.10 Å². The van der Waals surface area contributed by atoms with Crippen molar-refractivity contribution in [2.75, 3.05) is 26.9 Å². The number of carbonyl (C=O) groups excluding carboxylic acids is 2. The number of amides is 2. The number of allylic oxidation sites excluding steroid dienone is 1. The molecule has 11 heteroatoms. The van der Waals surface area contributed by atoms with Gasteiger partial charge in [0.1, 0.15) is 19.0 Å². The number of aliphatic hydroxyl groups excluding tert-OH is 1. The first-order chi connectivity index (χ1) is 18.4. The highest BCUT2D eigenvalue weighted by Crippen LogP contribution is 2.34. The molecule has 11 nitrogen and oxygen atoms in total. The van der Waals surface area contributed by atoms with Crippen LogP contribution < -0.4 is 30.3 Å². The normalized spacial score (nSPS) is 15.8. The van der Waals surface area contributed by atoms with E-state index >= 15 is 0 Å². The molecule has 1 heterocycles. The molecule has 0 unspecified atom stereocenters. The number of nitrogens with one attached hydrogen (secondary N) is 3. The molecule has 1 aliphatic rings. The van der Waals surface area contributed by atoms with E-state index < -0.39 is 24.3 Å². The highest BCUT2D eigenvalue weighted by Gasteiger charge is 2.32. The van der Waals surface area contributed by atoms with Gasteiger partial charge in [-0.15, -0.1) is 0 Å². The van der Waals surface area contributed by atoms with E-state index in [1.165, 1.54) is 13.3 Å². The lowest BCUT2D eigenvalue weighted by Gasteiger charge is -2.28. The van der Waals surface area contributed by atoms with Crippen molar-refractivity contribution in [2.45, 2.75) is 26.1 Å². The van der Waals surface area contributed by atoms with Crippen molar-refractivity contribution in [3.05, 3.63) is 77.5 Å². The van der Waals surface area contributed by atoms with Crippen molar-refractivity contribution in [3.8, 4) is 17.2 Å². The third kappa shape index (κ3) is 7.26. The number of ether oxygens (including phenoxy) is 4. The Bertz CT molecular complexity index is 1210. The number of rotatable bonds is 13. The molecular weight excluding hydrogens is 492 g/mol. The molecule has 2 aromatic carbocycles. The highest BCUT2D eigenvalue weighted by molar-refractivity contribution is 5.95. The summed E-state index contributed by atoms with van der Waals surface area (Å²) < 4.78 is 22.0.